The first-order chi connectivity index (χ1) is 14.7. The molecule has 1 aliphatic carbocycles. The fourth-order valence-corrected chi connectivity index (χ4v) is 3.20. The Balaban J connectivity index is -0.000000412. The van der Waals surface area contributed by atoms with Crippen molar-refractivity contribution >= 4 is 5.97 Å². The number of aryl methyl sites for hydroxylation is 2. The van der Waals surface area contributed by atoms with Gasteiger partial charge in [-0.1, -0.05) is 98.0 Å². The van der Waals surface area contributed by atoms with Crippen molar-refractivity contribution in [2.45, 2.75) is 107 Å². The summed E-state index contributed by atoms with van der Waals surface area (Å²) in [5.74, 6) is 1.31. The van der Waals surface area contributed by atoms with Gasteiger partial charge < -0.3 is 4.74 Å². The van der Waals surface area contributed by atoms with Gasteiger partial charge in [-0.15, -0.1) is 0 Å². The maximum absolute atomic E-state index is 10.8. The minimum atomic E-state index is -0.311. The number of fused-ring (bicyclic) bond motifs is 1. The molecule has 0 aliphatic heterocycles. The van der Waals surface area contributed by atoms with Gasteiger partial charge in [0.25, 0.3) is 0 Å². The molecule has 0 spiro atoms. The summed E-state index contributed by atoms with van der Waals surface area (Å²) in [6.45, 7) is 14.8. The predicted octanol–water partition coefficient (Wildman–Crippen LogP) is 9.36. The number of hydrogen-bond acceptors (Lipinski definition) is 2. The second-order valence-corrected chi connectivity index (χ2v) is 9.29. The normalized spacial score (nSPS) is 12.6. The molecule has 3 heteroatoms. The van der Waals surface area contributed by atoms with Crippen molar-refractivity contribution in [2.24, 2.45) is 5.41 Å². The van der Waals surface area contributed by atoms with Crippen LogP contribution in [0.2, 0.25) is 0 Å². The Kier molecular flexibility index (Phi) is 21.2. The van der Waals surface area contributed by atoms with E-state index >= 15 is 0 Å². The van der Waals surface area contributed by atoms with Crippen molar-refractivity contribution in [3.05, 3.63) is 70.8 Å². The molecule has 2 atom stereocenters. The number of rotatable bonds is 6. The summed E-state index contributed by atoms with van der Waals surface area (Å²) in [4.78, 5) is 10.8. The largest absolute Gasteiger partial charge is 0.469 e. The van der Waals surface area contributed by atoms with Crippen LogP contribution in [0.4, 0.5) is 0 Å². The van der Waals surface area contributed by atoms with Crippen LogP contribution in [0.3, 0.4) is 0 Å². The Labute approximate surface area is 237 Å². The smallest absolute Gasteiger partial charge is 0.311 e. The van der Waals surface area contributed by atoms with E-state index in [4.69, 9.17) is 0 Å². The second kappa shape index (κ2) is 19.2. The molecular formula is C31H52O2Y. The molecule has 0 heterocycles. The average molecular weight is 546 g/mol. The molecule has 0 bridgehead atoms. The molecule has 0 N–H and O–H groups in total. The Bertz CT molecular complexity index is 783. The van der Waals surface area contributed by atoms with Crippen molar-refractivity contribution < 1.29 is 42.2 Å². The summed E-state index contributed by atoms with van der Waals surface area (Å²) < 4.78 is 4.57. The van der Waals surface area contributed by atoms with Crippen molar-refractivity contribution in [3.63, 3.8) is 0 Å². The van der Waals surface area contributed by atoms with Gasteiger partial charge >= 0.3 is 5.97 Å². The quantitative estimate of drug-likeness (QED) is 0.338. The third-order valence-corrected chi connectivity index (χ3v) is 6.68. The number of methoxy groups -OCH3 is 1. The molecule has 191 valence electrons. The van der Waals surface area contributed by atoms with Gasteiger partial charge in [-0.3, -0.25) is 4.79 Å². The number of ether oxygens (including phenoxy) is 1. The van der Waals surface area contributed by atoms with Crippen LogP contribution < -0.4 is 0 Å². The maximum atomic E-state index is 10.8. The number of benzene rings is 2. The van der Waals surface area contributed by atoms with Crippen LogP contribution in [-0.2, 0) is 55.1 Å². The Morgan fingerprint density at radius 3 is 1.71 bits per heavy atom. The minimum Gasteiger partial charge on any atom is -0.469 e. The fourth-order valence-electron chi connectivity index (χ4n) is 3.20. The van der Waals surface area contributed by atoms with E-state index in [1.807, 2.05) is 20.8 Å². The van der Waals surface area contributed by atoms with E-state index in [0.29, 0.717) is 5.92 Å². The van der Waals surface area contributed by atoms with Crippen LogP contribution in [0.5, 0.6) is 0 Å². The van der Waals surface area contributed by atoms with Crippen LogP contribution in [-0.4, -0.2) is 13.1 Å². The molecule has 2 unspecified atom stereocenters. The van der Waals surface area contributed by atoms with Gasteiger partial charge in [0.1, 0.15) is 0 Å². The van der Waals surface area contributed by atoms with Gasteiger partial charge in [0.2, 0.25) is 0 Å². The molecule has 0 saturated carbocycles. The first-order valence-electron chi connectivity index (χ1n) is 11.9. The summed E-state index contributed by atoms with van der Waals surface area (Å²) in [5, 5.41) is 0. The maximum Gasteiger partial charge on any atom is 0.311 e. The summed E-state index contributed by atoms with van der Waals surface area (Å²) >= 11 is 0. The molecule has 0 aromatic heterocycles. The van der Waals surface area contributed by atoms with Crippen LogP contribution in [0.15, 0.2) is 48.5 Å². The van der Waals surface area contributed by atoms with Gasteiger partial charge in [0, 0.05) is 32.7 Å². The van der Waals surface area contributed by atoms with E-state index in [1.54, 1.807) is 11.1 Å². The van der Waals surface area contributed by atoms with E-state index in [9.17, 15) is 4.79 Å². The van der Waals surface area contributed by atoms with Crippen molar-refractivity contribution in [2.75, 3.05) is 7.11 Å². The van der Waals surface area contributed by atoms with Gasteiger partial charge in [-0.25, -0.2) is 0 Å². The molecular weight excluding hydrogens is 493 g/mol. The standard InChI is InChI=1S/C12H16.C10H14.C7H14O2.2CH4.Y/c1-3-9(2)11-6-4-10-5-7-12(10)8-11;1-3-9(2)10-7-5-4-6-8-10;1-5-7(2,3)6(8)9-4;;;/h4,6,8-9H,3,5,7H2,1-2H3;4-9H,3H2,1-2H3;5H2,1-4H3;2*1H4;. The molecule has 34 heavy (non-hydrogen) atoms. The Morgan fingerprint density at radius 1 is 0.853 bits per heavy atom. The molecule has 3 rings (SSSR count). The van der Waals surface area contributed by atoms with Crippen molar-refractivity contribution in [1.29, 1.82) is 0 Å². The van der Waals surface area contributed by atoms with E-state index in [0.717, 1.165) is 12.3 Å². The predicted molar refractivity (Wildman–Crippen MR) is 147 cm³/mol. The topological polar surface area (TPSA) is 26.3 Å². The zero-order chi connectivity index (χ0) is 23.4. The monoisotopic (exact) mass is 545 g/mol. The summed E-state index contributed by atoms with van der Waals surface area (Å²) in [7, 11) is 1.42. The number of carbonyl (C=O) groups excluding carboxylic acids is 1. The zero-order valence-corrected chi connectivity index (χ0v) is 24.5. The van der Waals surface area contributed by atoms with Crippen LogP contribution in [0.25, 0.3) is 0 Å². The molecule has 0 amide bonds. The third-order valence-electron chi connectivity index (χ3n) is 6.68. The van der Waals surface area contributed by atoms with Crippen molar-refractivity contribution in [3.8, 4) is 0 Å². The van der Waals surface area contributed by atoms with E-state index in [1.165, 1.54) is 43.9 Å². The molecule has 2 nitrogen and oxygen atoms in total. The molecule has 2 aromatic rings. The van der Waals surface area contributed by atoms with E-state index < -0.39 is 0 Å². The van der Waals surface area contributed by atoms with Crippen LogP contribution in [0.1, 0.15) is 117 Å². The Morgan fingerprint density at radius 2 is 1.35 bits per heavy atom. The van der Waals surface area contributed by atoms with Gasteiger partial charge in [-0.2, -0.15) is 0 Å². The SMILES string of the molecule is C.C.CCC(C)(C)C(=O)OC.CCC(C)c1ccc2c(c1)CC2.CCC(C)c1ccccc1.[Y]. The van der Waals surface area contributed by atoms with Crippen LogP contribution >= 0.6 is 0 Å². The van der Waals surface area contributed by atoms with Crippen molar-refractivity contribution in [1.82, 2.24) is 0 Å². The van der Waals surface area contributed by atoms with E-state index in [2.05, 4.69) is 81.0 Å². The fraction of sp³-hybridized carbons (Fsp3) is 0.581. The minimum absolute atomic E-state index is 0. The first kappa shape index (κ1) is 37.6. The molecule has 0 fully saturated rings. The Hall–Kier alpha value is -0.986. The number of carbonyl (C=O) groups is 1. The van der Waals surface area contributed by atoms with Gasteiger partial charge in [0.15, 0.2) is 0 Å². The molecule has 0 saturated heterocycles. The number of esters is 1. The summed E-state index contributed by atoms with van der Waals surface area (Å²) in [5.41, 5.74) is 5.82. The zero-order valence-electron chi connectivity index (χ0n) is 21.7. The molecule has 1 aliphatic rings. The van der Waals surface area contributed by atoms with Gasteiger partial charge in [-0.05, 0) is 80.0 Å². The summed E-state index contributed by atoms with van der Waals surface area (Å²) in [6, 6.07) is 17.6. The number of hydrogen-bond donors (Lipinski definition) is 0. The molecule has 2 aromatic carbocycles. The first-order valence-corrected chi connectivity index (χ1v) is 11.9. The van der Waals surface area contributed by atoms with Crippen LogP contribution in [0, 0.1) is 5.41 Å². The molecule has 1 radical (unpaired) electrons. The van der Waals surface area contributed by atoms with E-state index in [-0.39, 0.29) is 58.9 Å². The second-order valence-electron chi connectivity index (χ2n) is 9.29. The average Bonchev–Trinajstić information content (AvgIpc) is 2.79. The van der Waals surface area contributed by atoms with Gasteiger partial charge in [0.05, 0.1) is 12.5 Å². The summed E-state index contributed by atoms with van der Waals surface area (Å²) in [6.07, 6.45) is 5.90. The third kappa shape index (κ3) is 12.1.